The van der Waals surface area contributed by atoms with Gasteiger partial charge in [-0.3, -0.25) is 4.79 Å². The van der Waals surface area contributed by atoms with Crippen LogP contribution in [-0.2, 0) is 11.3 Å². The highest BCUT2D eigenvalue weighted by molar-refractivity contribution is 5.86. The average Bonchev–Trinajstić information content (AvgIpc) is 2.97. The molecule has 17 heavy (non-hydrogen) atoms. The van der Waals surface area contributed by atoms with Crippen molar-refractivity contribution >= 4 is 5.91 Å². The molecule has 1 saturated heterocycles. The highest BCUT2D eigenvalue weighted by Gasteiger charge is 2.39. The van der Waals surface area contributed by atoms with Gasteiger partial charge in [0.05, 0.1) is 12.1 Å². The Morgan fingerprint density at radius 1 is 1.59 bits per heavy atom. The zero-order valence-corrected chi connectivity index (χ0v) is 9.99. The maximum atomic E-state index is 12.2. The van der Waals surface area contributed by atoms with Gasteiger partial charge in [-0.25, -0.2) is 0 Å². The fourth-order valence-electron chi connectivity index (χ4n) is 2.34. The van der Waals surface area contributed by atoms with Gasteiger partial charge in [-0.05, 0) is 25.8 Å². The summed E-state index contributed by atoms with van der Waals surface area (Å²) in [6.45, 7) is 3.33. The molecule has 94 valence electrons. The largest absolute Gasteiger partial charge is 0.347 e. The Morgan fingerprint density at radius 3 is 3.06 bits per heavy atom. The van der Waals surface area contributed by atoms with Crippen molar-refractivity contribution in [3.63, 3.8) is 0 Å². The molecule has 1 atom stereocenters. The lowest BCUT2D eigenvalue weighted by Gasteiger charge is -2.27. The molecule has 1 aliphatic rings. The van der Waals surface area contributed by atoms with Crippen LogP contribution in [0, 0.1) is 0 Å². The quantitative estimate of drug-likeness (QED) is 0.656. The molecule has 2 heterocycles. The van der Waals surface area contributed by atoms with Crippen molar-refractivity contribution in [3.05, 3.63) is 5.82 Å². The van der Waals surface area contributed by atoms with E-state index >= 15 is 0 Å². The Bertz CT molecular complexity index is 357. The van der Waals surface area contributed by atoms with Gasteiger partial charge >= 0.3 is 0 Å². The summed E-state index contributed by atoms with van der Waals surface area (Å²) >= 11 is 0. The Hall–Kier alpha value is -1.50. The highest BCUT2D eigenvalue weighted by Crippen LogP contribution is 2.24. The van der Waals surface area contributed by atoms with Crippen molar-refractivity contribution in [2.45, 2.75) is 44.7 Å². The molecular formula is C10H18N6O. The zero-order valence-electron chi connectivity index (χ0n) is 9.99. The molecule has 1 unspecified atom stereocenters. The Labute approximate surface area is 99.7 Å². The van der Waals surface area contributed by atoms with Crippen molar-refractivity contribution in [2.24, 2.45) is 0 Å². The lowest BCUT2D eigenvalue weighted by molar-refractivity contribution is -0.127. The topological polar surface area (TPSA) is 95.6 Å². The number of hydrogen-bond acceptors (Lipinski definition) is 5. The van der Waals surface area contributed by atoms with E-state index in [4.69, 9.17) is 0 Å². The zero-order chi connectivity index (χ0) is 12.1. The number of nitrogens with one attached hydrogen (secondary N) is 3. The van der Waals surface area contributed by atoms with Crippen LogP contribution in [0.4, 0.5) is 0 Å². The standard InChI is InChI=1S/C10H18N6O/c1-2-4-10(5-3-6-12-10)9(17)11-7-8-13-15-16-14-8/h12H,2-7H2,1H3,(H,11,17)(H,13,14,15,16). The molecule has 1 amide bonds. The van der Waals surface area contributed by atoms with E-state index in [0.717, 1.165) is 32.2 Å². The van der Waals surface area contributed by atoms with Gasteiger partial charge in [0.1, 0.15) is 0 Å². The van der Waals surface area contributed by atoms with E-state index in [1.54, 1.807) is 0 Å². The van der Waals surface area contributed by atoms with Crippen LogP contribution in [0.15, 0.2) is 0 Å². The third-order valence-corrected chi connectivity index (χ3v) is 3.15. The first-order chi connectivity index (χ1) is 8.27. The molecule has 0 aromatic carbocycles. The Morgan fingerprint density at radius 2 is 2.47 bits per heavy atom. The highest BCUT2D eigenvalue weighted by atomic mass is 16.2. The summed E-state index contributed by atoms with van der Waals surface area (Å²) in [5.74, 6) is 0.546. The van der Waals surface area contributed by atoms with Crippen molar-refractivity contribution in [1.29, 1.82) is 0 Å². The lowest BCUT2D eigenvalue weighted by Crippen LogP contribution is -2.53. The number of amides is 1. The van der Waals surface area contributed by atoms with Crippen molar-refractivity contribution in [3.8, 4) is 0 Å². The summed E-state index contributed by atoms with van der Waals surface area (Å²) in [6.07, 6.45) is 3.81. The summed E-state index contributed by atoms with van der Waals surface area (Å²) in [6, 6.07) is 0. The molecule has 0 saturated carbocycles. The molecule has 7 heteroatoms. The van der Waals surface area contributed by atoms with Crippen LogP contribution in [0.5, 0.6) is 0 Å². The normalized spacial score (nSPS) is 23.8. The van der Waals surface area contributed by atoms with Gasteiger partial charge in [-0.1, -0.05) is 18.6 Å². The predicted octanol–water partition coefficient (Wildman–Crippen LogP) is -0.262. The van der Waals surface area contributed by atoms with Crippen LogP contribution >= 0.6 is 0 Å². The average molecular weight is 238 g/mol. The van der Waals surface area contributed by atoms with E-state index in [0.29, 0.717) is 12.4 Å². The van der Waals surface area contributed by atoms with Crippen LogP contribution in [0.3, 0.4) is 0 Å². The fourth-order valence-corrected chi connectivity index (χ4v) is 2.34. The van der Waals surface area contributed by atoms with Gasteiger partial charge < -0.3 is 10.6 Å². The maximum Gasteiger partial charge on any atom is 0.240 e. The van der Waals surface area contributed by atoms with Gasteiger partial charge in [0.2, 0.25) is 5.91 Å². The van der Waals surface area contributed by atoms with Gasteiger partial charge in [-0.2, -0.15) is 5.21 Å². The SMILES string of the molecule is CCCC1(C(=O)NCc2nn[nH]n2)CCCN1. The molecule has 3 N–H and O–H groups in total. The van der Waals surface area contributed by atoms with E-state index in [1.165, 1.54) is 0 Å². The second-order valence-electron chi connectivity index (χ2n) is 4.37. The third-order valence-electron chi connectivity index (χ3n) is 3.15. The third kappa shape index (κ3) is 2.60. The van der Waals surface area contributed by atoms with Crippen LogP contribution in [0.2, 0.25) is 0 Å². The minimum Gasteiger partial charge on any atom is -0.347 e. The molecule has 1 aromatic rings. The summed E-state index contributed by atoms with van der Waals surface area (Å²) in [7, 11) is 0. The van der Waals surface area contributed by atoms with E-state index in [1.807, 2.05) is 0 Å². The second kappa shape index (κ2) is 5.22. The number of H-pyrrole nitrogens is 1. The number of rotatable bonds is 5. The molecular weight excluding hydrogens is 220 g/mol. The number of aromatic nitrogens is 4. The summed E-state index contributed by atoms with van der Waals surface area (Å²) in [5, 5.41) is 19.6. The van der Waals surface area contributed by atoms with Crippen LogP contribution in [-0.4, -0.2) is 38.6 Å². The number of nitrogens with zero attached hydrogens (tertiary/aromatic N) is 3. The van der Waals surface area contributed by atoms with Crippen molar-refractivity contribution < 1.29 is 4.79 Å². The smallest absolute Gasteiger partial charge is 0.240 e. The summed E-state index contributed by atoms with van der Waals surface area (Å²) in [5.41, 5.74) is -0.390. The fraction of sp³-hybridized carbons (Fsp3) is 0.800. The number of tetrazole rings is 1. The Balaban J connectivity index is 1.92. The van der Waals surface area contributed by atoms with Crippen LogP contribution in [0.1, 0.15) is 38.4 Å². The number of hydrogen-bond donors (Lipinski definition) is 3. The van der Waals surface area contributed by atoms with Crippen LogP contribution < -0.4 is 10.6 Å². The molecule has 7 nitrogen and oxygen atoms in total. The minimum atomic E-state index is -0.390. The lowest BCUT2D eigenvalue weighted by atomic mass is 9.91. The Kier molecular flexibility index (Phi) is 3.68. The molecule has 1 aliphatic heterocycles. The van der Waals surface area contributed by atoms with Gasteiger partial charge in [-0.15, -0.1) is 10.2 Å². The first-order valence-electron chi connectivity index (χ1n) is 6.02. The van der Waals surface area contributed by atoms with E-state index < -0.39 is 5.54 Å². The molecule has 0 radical (unpaired) electrons. The molecule has 1 fully saturated rings. The summed E-state index contributed by atoms with van der Waals surface area (Å²) < 4.78 is 0. The van der Waals surface area contributed by atoms with Crippen LogP contribution in [0.25, 0.3) is 0 Å². The maximum absolute atomic E-state index is 12.2. The predicted molar refractivity (Wildman–Crippen MR) is 60.9 cm³/mol. The van der Waals surface area contributed by atoms with Crippen molar-refractivity contribution in [1.82, 2.24) is 31.3 Å². The number of carbonyl (C=O) groups excluding carboxylic acids is 1. The monoisotopic (exact) mass is 238 g/mol. The van der Waals surface area contributed by atoms with E-state index in [9.17, 15) is 4.79 Å². The first-order valence-corrected chi connectivity index (χ1v) is 6.02. The van der Waals surface area contributed by atoms with E-state index in [-0.39, 0.29) is 5.91 Å². The second-order valence-corrected chi connectivity index (χ2v) is 4.37. The minimum absolute atomic E-state index is 0.0432. The number of carbonyl (C=O) groups is 1. The first kappa shape index (κ1) is 12.0. The molecule has 0 spiro atoms. The number of aromatic amines is 1. The molecule has 2 rings (SSSR count). The van der Waals surface area contributed by atoms with Gasteiger partial charge in [0.25, 0.3) is 0 Å². The van der Waals surface area contributed by atoms with Gasteiger partial charge in [0.15, 0.2) is 5.82 Å². The van der Waals surface area contributed by atoms with Crippen molar-refractivity contribution in [2.75, 3.05) is 6.54 Å². The molecule has 1 aromatic heterocycles. The van der Waals surface area contributed by atoms with E-state index in [2.05, 4.69) is 38.2 Å². The summed E-state index contributed by atoms with van der Waals surface area (Å²) in [4.78, 5) is 12.2. The van der Waals surface area contributed by atoms with Gasteiger partial charge in [0, 0.05) is 0 Å². The molecule has 0 aliphatic carbocycles. The molecule has 0 bridgehead atoms.